The fraction of sp³-hybridized carbons (Fsp3) is 0.462. The van der Waals surface area contributed by atoms with Crippen LogP contribution in [0.5, 0.6) is 0 Å². The van der Waals surface area contributed by atoms with Crippen molar-refractivity contribution < 1.29 is 22.7 Å². The van der Waals surface area contributed by atoms with Gasteiger partial charge in [0.15, 0.2) is 0 Å². The standard InChI is InChI=1S/C13H19NO5S/c1-9(2)7-19-13(15)11-4-10(8-18-3)5-12(6-11)20(14,16)17/h4-6,9H,7-8H2,1-3H3,(H2,14,16,17). The predicted octanol–water partition coefficient (Wildman–Crippen LogP) is 1.29. The van der Waals surface area contributed by atoms with E-state index in [9.17, 15) is 13.2 Å². The molecule has 6 nitrogen and oxygen atoms in total. The van der Waals surface area contributed by atoms with Crippen molar-refractivity contribution in [3.63, 3.8) is 0 Å². The second-order valence-electron chi connectivity index (χ2n) is 4.84. The Bertz CT molecular complexity index is 580. The number of nitrogens with two attached hydrogens (primary N) is 1. The van der Waals surface area contributed by atoms with Gasteiger partial charge in [0, 0.05) is 7.11 Å². The minimum Gasteiger partial charge on any atom is -0.462 e. The molecule has 0 aromatic heterocycles. The van der Waals surface area contributed by atoms with Gasteiger partial charge in [0.1, 0.15) is 0 Å². The fourth-order valence-electron chi connectivity index (χ4n) is 1.52. The van der Waals surface area contributed by atoms with Gasteiger partial charge in [0.05, 0.1) is 23.7 Å². The molecule has 20 heavy (non-hydrogen) atoms. The number of carbonyl (C=O) groups is 1. The molecule has 0 unspecified atom stereocenters. The highest BCUT2D eigenvalue weighted by molar-refractivity contribution is 7.89. The highest BCUT2D eigenvalue weighted by atomic mass is 32.2. The molecule has 0 amide bonds. The molecule has 1 rings (SSSR count). The summed E-state index contributed by atoms with van der Waals surface area (Å²) in [6, 6.07) is 4.11. The quantitative estimate of drug-likeness (QED) is 0.799. The Morgan fingerprint density at radius 1 is 1.30 bits per heavy atom. The molecule has 1 aromatic carbocycles. The number of hydrogen-bond donors (Lipinski definition) is 1. The topological polar surface area (TPSA) is 95.7 Å². The first-order valence-corrected chi connectivity index (χ1v) is 7.61. The highest BCUT2D eigenvalue weighted by Crippen LogP contribution is 2.16. The maximum Gasteiger partial charge on any atom is 0.338 e. The lowest BCUT2D eigenvalue weighted by molar-refractivity contribution is 0.0458. The number of sulfonamides is 1. The minimum absolute atomic E-state index is 0.136. The normalized spacial score (nSPS) is 11.7. The summed E-state index contributed by atoms with van der Waals surface area (Å²) in [5.74, 6) is -0.389. The first kappa shape index (κ1) is 16.6. The van der Waals surface area contributed by atoms with E-state index < -0.39 is 16.0 Å². The Morgan fingerprint density at radius 3 is 2.45 bits per heavy atom. The molecule has 0 radical (unpaired) electrons. The van der Waals surface area contributed by atoms with Crippen LogP contribution < -0.4 is 5.14 Å². The number of rotatable bonds is 6. The van der Waals surface area contributed by atoms with E-state index in [-0.39, 0.29) is 29.6 Å². The molecule has 7 heteroatoms. The molecular weight excluding hydrogens is 282 g/mol. The van der Waals surface area contributed by atoms with Crippen molar-refractivity contribution >= 4 is 16.0 Å². The van der Waals surface area contributed by atoms with Crippen LogP contribution in [0.3, 0.4) is 0 Å². The van der Waals surface area contributed by atoms with Crippen molar-refractivity contribution in [2.24, 2.45) is 11.1 Å². The number of methoxy groups -OCH3 is 1. The summed E-state index contributed by atoms with van der Waals surface area (Å²) < 4.78 is 32.8. The third-order valence-electron chi connectivity index (χ3n) is 2.39. The summed E-state index contributed by atoms with van der Waals surface area (Å²) in [5.41, 5.74) is 0.680. The van der Waals surface area contributed by atoms with Gasteiger partial charge in [-0.2, -0.15) is 0 Å². The summed E-state index contributed by atoms with van der Waals surface area (Å²) in [7, 11) is -2.42. The van der Waals surface area contributed by atoms with E-state index in [0.717, 1.165) is 0 Å². The van der Waals surface area contributed by atoms with Crippen LogP contribution >= 0.6 is 0 Å². The molecule has 2 N–H and O–H groups in total. The third kappa shape index (κ3) is 4.92. The minimum atomic E-state index is -3.89. The number of ether oxygens (including phenoxy) is 2. The Balaban J connectivity index is 3.12. The molecule has 112 valence electrons. The van der Waals surface area contributed by atoms with E-state index >= 15 is 0 Å². The smallest absolute Gasteiger partial charge is 0.338 e. The Hall–Kier alpha value is -1.44. The maximum atomic E-state index is 11.9. The molecule has 0 heterocycles. The van der Waals surface area contributed by atoms with E-state index in [0.29, 0.717) is 5.56 Å². The van der Waals surface area contributed by atoms with Crippen LogP contribution in [0.1, 0.15) is 29.8 Å². The number of primary sulfonamides is 1. The van der Waals surface area contributed by atoms with Crippen LogP contribution in [0.15, 0.2) is 23.1 Å². The molecule has 0 aliphatic carbocycles. The van der Waals surface area contributed by atoms with Crippen LogP contribution in [0.4, 0.5) is 0 Å². The first-order valence-electron chi connectivity index (χ1n) is 6.07. The van der Waals surface area contributed by atoms with Crippen molar-refractivity contribution in [3.05, 3.63) is 29.3 Å². The van der Waals surface area contributed by atoms with E-state index in [4.69, 9.17) is 14.6 Å². The average molecular weight is 301 g/mol. The van der Waals surface area contributed by atoms with Gasteiger partial charge in [0.25, 0.3) is 0 Å². The van der Waals surface area contributed by atoms with E-state index in [1.807, 2.05) is 13.8 Å². The SMILES string of the molecule is COCc1cc(C(=O)OCC(C)C)cc(S(N)(=O)=O)c1. The predicted molar refractivity (Wildman–Crippen MR) is 73.6 cm³/mol. The van der Waals surface area contributed by atoms with Gasteiger partial charge in [-0.15, -0.1) is 0 Å². The summed E-state index contributed by atoms with van der Waals surface area (Å²) in [6.45, 7) is 4.25. The molecular formula is C13H19NO5S. The van der Waals surface area contributed by atoms with Crippen LogP contribution in [-0.2, 0) is 26.1 Å². The molecule has 0 aliphatic rings. The highest BCUT2D eigenvalue weighted by Gasteiger charge is 2.16. The Morgan fingerprint density at radius 2 is 1.95 bits per heavy atom. The third-order valence-corrected chi connectivity index (χ3v) is 3.28. The van der Waals surface area contributed by atoms with Gasteiger partial charge in [-0.1, -0.05) is 13.8 Å². The lowest BCUT2D eigenvalue weighted by Crippen LogP contribution is -2.15. The van der Waals surface area contributed by atoms with Gasteiger partial charge in [0.2, 0.25) is 10.0 Å². The van der Waals surface area contributed by atoms with Crippen LogP contribution in [0.2, 0.25) is 0 Å². The van der Waals surface area contributed by atoms with E-state index in [2.05, 4.69) is 0 Å². The Kier molecular flexibility index (Phi) is 5.67. The summed E-state index contributed by atoms with van der Waals surface area (Å²) in [5, 5.41) is 5.09. The first-order chi connectivity index (χ1) is 9.24. The summed E-state index contributed by atoms with van der Waals surface area (Å²) in [6.07, 6.45) is 0. The van der Waals surface area contributed by atoms with Crippen molar-refractivity contribution in [2.45, 2.75) is 25.3 Å². The van der Waals surface area contributed by atoms with Crippen LogP contribution in [0.25, 0.3) is 0 Å². The molecule has 0 bridgehead atoms. The number of benzene rings is 1. The van der Waals surface area contributed by atoms with Crippen molar-refractivity contribution in [2.75, 3.05) is 13.7 Å². The molecule has 0 saturated heterocycles. The van der Waals surface area contributed by atoms with Crippen LogP contribution in [-0.4, -0.2) is 28.1 Å². The maximum absolute atomic E-state index is 11.9. The number of esters is 1. The lowest BCUT2D eigenvalue weighted by atomic mass is 10.1. The van der Waals surface area contributed by atoms with Gasteiger partial charge < -0.3 is 9.47 Å². The molecule has 0 aliphatic heterocycles. The molecule has 0 saturated carbocycles. The molecule has 0 spiro atoms. The summed E-state index contributed by atoms with van der Waals surface area (Å²) >= 11 is 0. The zero-order valence-electron chi connectivity index (χ0n) is 11.8. The van der Waals surface area contributed by atoms with E-state index in [1.165, 1.54) is 25.3 Å². The second-order valence-corrected chi connectivity index (χ2v) is 6.40. The average Bonchev–Trinajstić information content (AvgIpc) is 2.34. The van der Waals surface area contributed by atoms with Gasteiger partial charge in [-0.05, 0) is 29.7 Å². The zero-order valence-corrected chi connectivity index (χ0v) is 12.6. The molecule has 0 fully saturated rings. The van der Waals surface area contributed by atoms with Crippen molar-refractivity contribution in [1.29, 1.82) is 0 Å². The van der Waals surface area contributed by atoms with E-state index in [1.54, 1.807) is 0 Å². The van der Waals surface area contributed by atoms with Gasteiger partial charge in [-0.25, -0.2) is 18.4 Å². The second kappa shape index (κ2) is 6.83. The fourth-order valence-corrected chi connectivity index (χ4v) is 2.13. The van der Waals surface area contributed by atoms with Gasteiger partial charge >= 0.3 is 5.97 Å². The number of hydrogen-bond acceptors (Lipinski definition) is 5. The van der Waals surface area contributed by atoms with Crippen LogP contribution in [0, 0.1) is 5.92 Å². The Labute approximate surface area is 118 Å². The summed E-state index contributed by atoms with van der Waals surface area (Å²) in [4.78, 5) is 11.8. The van der Waals surface area contributed by atoms with Gasteiger partial charge in [-0.3, -0.25) is 0 Å². The number of carbonyl (C=O) groups excluding carboxylic acids is 1. The largest absolute Gasteiger partial charge is 0.462 e. The zero-order chi connectivity index (χ0) is 15.3. The molecule has 0 atom stereocenters. The monoisotopic (exact) mass is 301 g/mol. The van der Waals surface area contributed by atoms with Crippen molar-refractivity contribution in [1.82, 2.24) is 0 Å². The lowest BCUT2D eigenvalue weighted by Gasteiger charge is -2.10. The van der Waals surface area contributed by atoms with Crippen molar-refractivity contribution in [3.8, 4) is 0 Å². The molecule has 1 aromatic rings.